The van der Waals surface area contributed by atoms with Gasteiger partial charge in [0, 0.05) is 44.1 Å². The van der Waals surface area contributed by atoms with E-state index in [9.17, 15) is 0 Å². The Labute approximate surface area is 359 Å². The molecular weight excluding hydrogens is 737 g/mol. The number of fused-ring (bicyclic) bond motifs is 8. The van der Waals surface area contributed by atoms with Gasteiger partial charge < -0.3 is 9.80 Å². The van der Waals surface area contributed by atoms with Crippen molar-refractivity contribution in [3.8, 4) is 22.3 Å². The molecule has 0 spiro atoms. The molecule has 0 saturated carbocycles. The fourth-order valence-corrected chi connectivity index (χ4v) is 9.79. The van der Waals surface area contributed by atoms with Crippen LogP contribution in [0.25, 0.3) is 54.6 Å². The van der Waals surface area contributed by atoms with Crippen LogP contribution in [0.5, 0.6) is 0 Å². The molecular formula is C59H48N2. The fourth-order valence-electron chi connectivity index (χ4n) is 9.79. The van der Waals surface area contributed by atoms with Gasteiger partial charge >= 0.3 is 0 Å². The normalized spacial score (nSPS) is 13.7. The Morgan fingerprint density at radius 2 is 0.820 bits per heavy atom. The van der Waals surface area contributed by atoms with E-state index in [4.69, 9.17) is 0 Å². The fraction of sp³-hybridized carbons (Fsp3) is 0.119. The van der Waals surface area contributed by atoms with E-state index < -0.39 is 0 Å². The van der Waals surface area contributed by atoms with Gasteiger partial charge in [-0.05, 0) is 91.9 Å². The van der Waals surface area contributed by atoms with Crippen molar-refractivity contribution in [1.82, 2.24) is 0 Å². The molecule has 0 radical (unpaired) electrons. The summed E-state index contributed by atoms with van der Waals surface area (Å²) in [6, 6.07) is 74.8. The second-order valence-electron chi connectivity index (χ2n) is 18.2. The molecule has 294 valence electrons. The van der Waals surface area contributed by atoms with E-state index in [1.807, 2.05) is 0 Å². The number of para-hydroxylation sites is 2. The van der Waals surface area contributed by atoms with E-state index in [-0.39, 0.29) is 10.8 Å². The van der Waals surface area contributed by atoms with Gasteiger partial charge in [0.15, 0.2) is 0 Å². The van der Waals surface area contributed by atoms with Crippen molar-refractivity contribution < 1.29 is 0 Å². The highest BCUT2D eigenvalue weighted by Gasteiger charge is 2.31. The molecule has 2 heteroatoms. The predicted octanol–water partition coefficient (Wildman–Crippen LogP) is 16.8. The molecule has 0 amide bonds. The van der Waals surface area contributed by atoms with Crippen LogP contribution in [0.1, 0.15) is 51.3 Å². The number of hydrogen-bond acceptors (Lipinski definition) is 2. The van der Waals surface area contributed by atoms with E-state index in [0.717, 1.165) is 34.1 Å². The first kappa shape index (κ1) is 36.9. The zero-order valence-electron chi connectivity index (χ0n) is 35.4. The van der Waals surface area contributed by atoms with Crippen molar-refractivity contribution in [2.24, 2.45) is 0 Å². The Hall–Kier alpha value is -7.16. The lowest BCUT2D eigenvalue weighted by molar-refractivity contribution is 0.591. The molecule has 1 heterocycles. The van der Waals surface area contributed by atoms with Gasteiger partial charge in [-0.25, -0.2) is 0 Å². The predicted molar refractivity (Wildman–Crippen MR) is 261 cm³/mol. The van der Waals surface area contributed by atoms with Gasteiger partial charge in [0.05, 0.1) is 22.7 Å². The maximum atomic E-state index is 2.54. The van der Waals surface area contributed by atoms with E-state index in [1.165, 1.54) is 71.3 Å². The van der Waals surface area contributed by atoms with Gasteiger partial charge in [0.1, 0.15) is 0 Å². The van der Waals surface area contributed by atoms with Crippen LogP contribution in [0.4, 0.5) is 34.1 Å². The lowest BCUT2D eigenvalue weighted by atomic mass is 9.77. The topological polar surface area (TPSA) is 6.48 Å². The van der Waals surface area contributed by atoms with E-state index in [0.29, 0.717) is 0 Å². The highest BCUT2D eigenvalue weighted by atomic mass is 15.2. The van der Waals surface area contributed by atoms with Crippen LogP contribution in [0.15, 0.2) is 200 Å². The van der Waals surface area contributed by atoms with Gasteiger partial charge in [0.2, 0.25) is 0 Å². The maximum Gasteiger partial charge on any atom is 0.0561 e. The van der Waals surface area contributed by atoms with Crippen molar-refractivity contribution in [2.45, 2.75) is 45.4 Å². The Morgan fingerprint density at radius 3 is 1.28 bits per heavy atom. The molecule has 10 aromatic rings. The van der Waals surface area contributed by atoms with E-state index in [2.05, 4.69) is 245 Å². The first-order valence-corrected chi connectivity index (χ1v) is 21.5. The highest BCUT2D eigenvalue weighted by Crippen LogP contribution is 2.53. The first-order chi connectivity index (χ1) is 29.6. The summed E-state index contributed by atoms with van der Waals surface area (Å²) in [4.78, 5) is 5.07. The molecule has 0 N–H and O–H groups in total. The van der Waals surface area contributed by atoms with Gasteiger partial charge in [-0.1, -0.05) is 192 Å². The van der Waals surface area contributed by atoms with Crippen LogP contribution in [-0.2, 0) is 10.8 Å². The molecule has 61 heavy (non-hydrogen) atoms. The van der Waals surface area contributed by atoms with Crippen LogP contribution in [0.2, 0.25) is 0 Å². The van der Waals surface area contributed by atoms with Crippen molar-refractivity contribution in [2.75, 3.05) is 9.80 Å². The highest BCUT2D eigenvalue weighted by molar-refractivity contribution is 6.29. The smallest absolute Gasteiger partial charge is 0.0561 e. The van der Waals surface area contributed by atoms with Crippen molar-refractivity contribution >= 4 is 66.4 Å². The summed E-state index contributed by atoms with van der Waals surface area (Å²) in [6.07, 6.45) is 0. The monoisotopic (exact) mass is 784 g/mol. The number of rotatable bonds is 4. The van der Waals surface area contributed by atoms with Crippen molar-refractivity contribution in [1.29, 1.82) is 0 Å². The van der Waals surface area contributed by atoms with Crippen LogP contribution >= 0.6 is 0 Å². The molecule has 0 atom stereocenters. The van der Waals surface area contributed by atoms with Crippen molar-refractivity contribution in [3.05, 3.63) is 217 Å². The summed E-state index contributed by atoms with van der Waals surface area (Å²) in [6.45, 7) is 11.7. The summed E-state index contributed by atoms with van der Waals surface area (Å²) in [5.74, 6) is 0. The summed E-state index contributed by atoms with van der Waals surface area (Å²) >= 11 is 0. The molecule has 0 saturated heterocycles. The SMILES string of the molecule is CC(C)(C)c1cc2ccc3c4cc(c5ccc(c1)c2c35)N(c1ccccc1-c1ccccc1)c1cccc(c1)C(C)(C)c1cccc(c1)N4c1ccccc1-c1ccccc1. The van der Waals surface area contributed by atoms with E-state index in [1.54, 1.807) is 0 Å². The standard InChI is InChI=1S/C59H48N2/c1-58(2,3)45-34-41-30-32-50-54-38-55(51-33-31-42(35-45)56(41)57(50)51)61(53-29-15-13-27-49(53)40-20-10-7-11-21-40)47-25-17-23-44(37-47)59(4,5)43-22-16-24-46(36-43)60(54)52-28-14-12-26-48(52)39-18-8-6-9-19-39/h6-38H,1-5H3. The van der Waals surface area contributed by atoms with Crippen LogP contribution in [-0.4, -0.2) is 0 Å². The minimum atomic E-state index is -0.305. The third-order valence-corrected chi connectivity index (χ3v) is 13.1. The molecule has 10 aromatic carbocycles. The average molecular weight is 785 g/mol. The number of anilines is 6. The first-order valence-electron chi connectivity index (χ1n) is 21.5. The molecule has 2 nitrogen and oxygen atoms in total. The summed E-state index contributed by atoms with van der Waals surface area (Å²) in [5.41, 5.74) is 15.1. The molecule has 0 aromatic heterocycles. The summed E-state index contributed by atoms with van der Waals surface area (Å²) in [7, 11) is 0. The lowest BCUT2D eigenvalue weighted by Crippen LogP contribution is -2.22. The molecule has 0 fully saturated rings. The zero-order chi connectivity index (χ0) is 41.5. The zero-order valence-corrected chi connectivity index (χ0v) is 35.4. The molecule has 11 rings (SSSR count). The number of benzene rings is 10. The Morgan fingerprint density at radius 1 is 0.377 bits per heavy atom. The second kappa shape index (κ2) is 14.0. The third kappa shape index (κ3) is 6.00. The molecule has 0 unspecified atom stereocenters. The Bertz CT molecular complexity index is 3060. The number of nitrogens with zero attached hydrogens (tertiary/aromatic N) is 2. The quantitative estimate of drug-likeness (QED) is 0.164. The lowest BCUT2D eigenvalue weighted by Gasteiger charge is -2.36. The molecule has 1 aliphatic rings. The van der Waals surface area contributed by atoms with Gasteiger partial charge in [0.25, 0.3) is 0 Å². The van der Waals surface area contributed by atoms with Gasteiger partial charge in [-0.3, -0.25) is 0 Å². The largest absolute Gasteiger partial charge is 0.309 e. The van der Waals surface area contributed by atoms with E-state index >= 15 is 0 Å². The number of hydrogen-bond donors (Lipinski definition) is 0. The summed E-state index contributed by atoms with van der Waals surface area (Å²) < 4.78 is 0. The molecule has 6 bridgehead atoms. The second-order valence-corrected chi connectivity index (χ2v) is 18.2. The average Bonchev–Trinajstić information content (AvgIpc) is 3.29. The molecule has 1 aliphatic heterocycles. The Kier molecular flexibility index (Phi) is 8.44. The van der Waals surface area contributed by atoms with Crippen molar-refractivity contribution in [3.63, 3.8) is 0 Å². The maximum absolute atomic E-state index is 2.54. The van der Waals surface area contributed by atoms with Crippen LogP contribution < -0.4 is 9.80 Å². The third-order valence-electron chi connectivity index (χ3n) is 13.1. The van der Waals surface area contributed by atoms with Crippen LogP contribution in [0, 0.1) is 0 Å². The molecule has 0 aliphatic carbocycles. The van der Waals surface area contributed by atoms with Gasteiger partial charge in [-0.15, -0.1) is 0 Å². The van der Waals surface area contributed by atoms with Crippen LogP contribution in [0.3, 0.4) is 0 Å². The summed E-state index contributed by atoms with van der Waals surface area (Å²) in [5, 5.41) is 7.54. The Balaban J connectivity index is 1.34. The minimum absolute atomic E-state index is 0.00817. The van der Waals surface area contributed by atoms with Gasteiger partial charge in [-0.2, -0.15) is 0 Å². The minimum Gasteiger partial charge on any atom is -0.309 e.